The van der Waals surface area contributed by atoms with E-state index < -0.39 is 0 Å². The molecular weight excluding hydrogens is 218 g/mol. The maximum atomic E-state index is 5.74. The van der Waals surface area contributed by atoms with Crippen LogP contribution in [0.1, 0.15) is 21.0 Å². The number of aromatic nitrogens is 1. The van der Waals surface area contributed by atoms with Crippen molar-refractivity contribution in [2.75, 3.05) is 0 Å². The Morgan fingerprint density at radius 1 is 1.12 bits per heavy atom. The molecular formula is C13H15NOS. The summed E-state index contributed by atoms with van der Waals surface area (Å²) in [6.45, 7) is 6.77. The highest BCUT2D eigenvalue weighted by Crippen LogP contribution is 2.19. The van der Waals surface area contributed by atoms with Gasteiger partial charge >= 0.3 is 0 Å². The van der Waals surface area contributed by atoms with Gasteiger partial charge in [0.15, 0.2) is 0 Å². The quantitative estimate of drug-likeness (QED) is 0.807. The van der Waals surface area contributed by atoms with Crippen LogP contribution in [-0.4, -0.2) is 4.98 Å². The molecule has 0 bridgehead atoms. The van der Waals surface area contributed by atoms with E-state index in [0.717, 1.165) is 15.6 Å². The number of ether oxygens (including phenoxy) is 1. The fourth-order valence-corrected chi connectivity index (χ4v) is 2.35. The Morgan fingerprint density at radius 3 is 2.38 bits per heavy atom. The molecule has 1 aromatic heterocycles. The molecule has 84 valence electrons. The third-order valence-electron chi connectivity index (χ3n) is 2.25. The molecule has 0 aliphatic rings. The number of thiazole rings is 1. The molecule has 0 spiro atoms. The Hall–Kier alpha value is -1.35. The van der Waals surface area contributed by atoms with Gasteiger partial charge in [0.2, 0.25) is 0 Å². The summed E-state index contributed by atoms with van der Waals surface area (Å²) in [6.07, 6.45) is 1.88. The molecule has 1 heterocycles. The van der Waals surface area contributed by atoms with Crippen LogP contribution >= 0.6 is 11.3 Å². The zero-order chi connectivity index (χ0) is 11.5. The van der Waals surface area contributed by atoms with Crippen LogP contribution in [0.2, 0.25) is 0 Å². The molecule has 0 fully saturated rings. The Balaban J connectivity index is 2.04. The van der Waals surface area contributed by atoms with Gasteiger partial charge in [-0.05, 0) is 44.0 Å². The second-order valence-corrected chi connectivity index (χ2v) is 5.28. The SMILES string of the molecule is Cc1cc(C)cc(OCc2cnc(C)s2)c1. The third kappa shape index (κ3) is 2.83. The Kier molecular flexibility index (Phi) is 3.25. The molecule has 3 heteroatoms. The van der Waals surface area contributed by atoms with Crippen molar-refractivity contribution in [2.45, 2.75) is 27.4 Å². The number of hydrogen-bond donors (Lipinski definition) is 0. The lowest BCUT2D eigenvalue weighted by atomic mass is 10.1. The number of hydrogen-bond acceptors (Lipinski definition) is 3. The molecule has 16 heavy (non-hydrogen) atoms. The first-order valence-electron chi connectivity index (χ1n) is 5.26. The summed E-state index contributed by atoms with van der Waals surface area (Å²) in [4.78, 5) is 5.37. The van der Waals surface area contributed by atoms with Gasteiger partial charge in [0, 0.05) is 6.20 Å². The zero-order valence-electron chi connectivity index (χ0n) is 9.78. The van der Waals surface area contributed by atoms with E-state index in [-0.39, 0.29) is 0 Å². The lowest BCUT2D eigenvalue weighted by molar-refractivity contribution is 0.309. The molecule has 0 amide bonds. The van der Waals surface area contributed by atoms with Gasteiger partial charge in [0.25, 0.3) is 0 Å². The standard InChI is InChI=1S/C13H15NOS/c1-9-4-10(2)6-12(5-9)15-8-13-7-14-11(3)16-13/h4-7H,8H2,1-3H3. The summed E-state index contributed by atoms with van der Waals surface area (Å²) >= 11 is 1.68. The van der Waals surface area contributed by atoms with Gasteiger partial charge in [0.1, 0.15) is 12.4 Å². The van der Waals surface area contributed by atoms with E-state index in [1.165, 1.54) is 11.1 Å². The highest BCUT2D eigenvalue weighted by molar-refractivity contribution is 7.11. The summed E-state index contributed by atoms with van der Waals surface area (Å²) in [5, 5.41) is 1.08. The van der Waals surface area contributed by atoms with E-state index >= 15 is 0 Å². The lowest BCUT2D eigenvalue weighted by Crippen LogP contribution is -1.93. The van der Waals surface area contributed by atoms with Gasteiger partial charge in [-0.15, -0.1) is 11.3 Å². The maximum absolute atomic E-state index is 5.74. The molecule has 0 saturated carbocycles. The highest BCUT2D eigenvalue weighted by atomic mass is 32.1. The average molecular weight is 233 g/mol. The fraction of sp³-hybridized carbons (Fsp3) is 0.308. The molecule has 0 saturated heterocycles. The minimum Gasteiger partial charge on any atom is -0.488 e. The molecule has 2 nitrogen and oxygen atoms in total. The number of aryl methyl sites for hydroxylation is 3. The molecule has 2 aromatic rings. The molecule has 0 radical (unpaired) electrons. The van der Waals surface area contributed by atoms with E-state index in [9.17, 15) is 0 Å². The summed E-state index contributed by atoms with van der Waals surface area (Å²) < 4.78 is 5.74. The summed E-state index contributed by atoms with van der Waals surface area (Å²) in [5.74, 6) is 0.934. The van der Waals surface area contributed by atoms with Crippen molar-refractivity contribution in [3.63, 3.8) is 0 Å². The van der Waals surface area contributed by atoms with Crippen molar-refractivity contribution in [3.05, 3.63) is 45.4 Å². The van der Waals surface area contributed by atoms with Gasteiger partial charge in [-0.1, -0.05) is 6.07 Å². The summed E-state index contributed by atoms with van der Waals surface area (Å²) in [6, 6.07) is 6.26. The Bertz CT molecular complexity index is 470. The van der Waals surface area contributed by atoms with Crippen molar-refractivity contribution in [2.24, 2.45) is 0 Å². The van der Waals surface area contributed by atoms with E-state index in [1.54, 1.807) is 11.3 Å². The van der Waals surface area contributed by atoms with Crippen LogP contribution in [0.15, 0.2) is 24.4 Å². The average Bonchev–Trinajstić information content (AvgIpc) is 2.60. The van der Waals surface area contributed by atoms with Gasteiger partial charge < -0.3 is 4.74 Å². The first-order valence-corrected chi connectivity index (χ1v) is 6.07. The Morgan fingerprint density at radius 2 is 1.81 bits per heavy atom. The number of benzene rings is 1. The van der Waals surface area contributed by atoms with Crippen LogP contribution in [0.4, 0.5) is 0 Å². The molecule has 0 unspecified atom stereocenters. The van der Waals surface area contributed by atoms with E-state index in [0.29, 0.717) is 6.61 Å². The van der Waals surface area contributed by atoms with Crippen LogP contribution in [0, 0.1) is 20.8 Å². The normalized spacial score (nSPS) is 10.4. The van der Waals surface area contributed by atoms with Gasteiger partial charge in [0.05, 0.1) is 9.88 Å². The van der Waals surface area contributed by atoms with E-state index in [1.807, 2.05) is 13.1 Å². The van der Waals surface area contributed by atoms with Crippen LogP contribution in [0.3, 0.4) is 0 Å². The van der Waals surface area contributed by atoms with Crippen molar-refractivity contribution >= 4 is 11.3 Å². The minimum absolute atomic E-state index is 0.606. The monoisotopic (exact) mass is 233 g/mol. The second kappa shape index (κ2) is 4.66. The van der Waals surface area contributed by atoms with Crippen LogP contribution in [-0.2, 0) is 6.61 Å². The predicted octanol–water partition coefficient (Wildman–Crippen LogP) is 3.65. The first kappa shape index (κ1) is 11.1. The number of rotatable bonds is 3. The summed E-state index contributed by atoms with van der Waals surface area (Å²) in [5.41, 5.74) is 2.46. The smallest absolute Gasteiger partial charge is 0.124 e. The minimum atomic E-state index is 0.606. The molecule has 1 aromatic carbocycles. The molecule has 0 N–H and O–H groups in total. The topological polar surface area (TPSA) is 22.1 Å². The predicted molar refractivity (Wildman–Crippen MR) is 67.1 cm³/mol. The number of nitrogens with zero attached hydrogens (tertiary/aromatic N) is 1. The van der Waals surface area contributed by atoms with Crippen LogP contribution < -0.4 is 4.74 Å². The van der Waals surface area contributed by atoms with Crippen LogP contribution in [0.25, 0.3) is 0 Å². The van der Waals surface area contributed by atoms with Crippen molar-refractivity contribution in [1.29, 1.82) is 0 Å². The second-order valence-electron chi connectivity index (χ2n) is 3.96. The molecule has 0 atom stereocenters. The van der Waals surface area contributed by atoms with Crippen molar-refractivity contribution in [3.8, 4) is 5.75 Å². The Labute approximate surface area is 99.9 Å². The van der Waals surface area contributed by atoms with Gasteiger partial charge in [-0.3, -0.25) is 0 Å². The van der Waals surface area contributed by atoms with Crippen molar-refractivity contribution in [1.82, 2.24) is 4.98 Å². The van der Waals surface area contributed by atoms with Gasteiger partial charge in [-0.2, -0.15) is 0 Å². The lowest BCUT2D eigenvalue weighted by Gasteiger charge is -2.06. The highest BCUT2D eigenvalue weighted by Gasteiger charge is 2.00. The first-order chi connectivity index (χ1) is 7.63. The third-order valence-corrected chi connectivity index (χ3v) is 3.13. The van der Waals surface area contributed by atoms with E-state index in [2.05, 4.69) is 37.0 Å². The fourth-order valence-electron chi connectivity index (χ4n) is 1.64. The molecule has 0 aliphatic carbocycles. The largest absolute Gasteiger partial charge is 0.488 e. The zero-order valence-corrected chi connectivity index (χ0v) is 10.6. The van der Waals surface area contributed by atoms with Gasteiger partial charge in [-0.25, -0.2) is 4.98 Å². The van der Waals surface area contributed by atoms with E-state index in [4.69, 9.17) is 4.74 Å². The van der Waals surface area contributed by atoms with Crippen molar-refractivity contribution < 1.29 is 4.74 Å². The molecule has 0 aliphatic heterocycles. The van der Waals surface area contributed by atoms with Crippen LogP contribution in [0.5, 0.6) is 5.75 Å². The molecule has 2 rings (SSSR count). The maximum Gasteiger partial charge on any atom is 0.124 e. The summed E-state index contributed by atoms with van der Waals surface area (Å²) in [7, 11) is 0.